The number of phenols is 1. The number of benzene rings is 2. The van der Waals surface area contributed by atoms with Gasteiger partial charge < -0.3 is 28.9 Å². The third-order valence-electron chi connectivity index (χ3n) is 3.73. The predicted molar refractivity (Wildman–Crippen MR) is 78.8 cm³/mol. The quantitative estimate of drug-likeness (QED) is 0.451. The number of hydrogen-bond acceptors (Lipinski definition) is 8. The molecule has 2 aromatic carbocycles. The van der Waals surface area contributed by atoms with E-state index in [1.54, 1.807) is 0 Å². The van der Waals surface area contributed by atoms with E-state index in [-0.39, 0.29) is 38.5 Å². The molecule has 8 heteroatoms. The van der Waals surface area contributed by atoms with Crippen LogP contribution in [0.15, 0.2) is 30.6 Å². The molecule has 4 rings (SSSR count). The van der Waals surface area contributed by atoms with E-state index in [4.69, 9.17) is 13.6 Å². The standard InChI is InChI=1S/C15H8O8/c1-21-7-3-6(18)13-11-9(7)15(20)23-12-5(17)2-4(16)8(10(11)12)14(19)22-13/h2-3,16,19-20H,1H3. The lowest BCUT2D eigenvalue weighted by atomic mass is 10.0. The van der Waals surface area contributed by atoms with Crippen molar-refractivity contribution < 1.29 is 28.9 Å². The maximum atomic E-state index is 12.2. The number of phenolic OH excluding ortho intramolecular Hbond substituents is 1. The Bertz CT molecular complexity index is 1210. The van der Waals surface area contributed by atoms with Crippen LogP contribution in [-0.4, -0.2) is 22.4 Å². The predicted octanol–water partition coefficient (Wildman–Crippen LogP) is 1.62. The molecule has 2 heterocycles. The Balaban J connectivity index is 2.55. The maximum absolute atomic E-state index is 12.2. The molecule has 0 saturated heterocycles. The summed E-state index contributed by atoms with van der Waals surface area (Å²) in [5.41, 5.74) is -1.98. The van der Waals surface area contributed by atoms with E-state index in [0.717, 1.165) is 12.1 Å². The molecule has 0 atom stereocenters. The van der Waals surface area contributed by atoms with Crippen LogP contribution in [0.4, 0.5) is 0 Å². The van der Waals surface area contributed by atoms with Crippen molar-refractivity contribution in [2.45, 2.75) is 0 Å². The first-order valence-electron chi connectivity index (χ1n) is 6.41. The highest BCUT2D eigenvalue weighted by Gasteiger charge is 2.26. The lowest BCUT2D eigenvalue weighted by Gasteiger charge is -2.13. The van der Waals surface area contributed by atoms with Crippen LogP contribution in [0.5, 0.6) is 23.4 Å². The molecule has 0 bridgehead atoms. The van der Waals surface area contributed by atoms with Crippen LogP contribution in [0, 0.1) is 0 Å². The third kappa shape index (κ3) is 1.49. The summed E-state index contributed by atoms with van der Waals surface area (Å²) in [5.74, 6) is -1.93. The molecule has 0 spiro atoms. The molecule has 116 valence electrons. The van der Waals surface area contributed by atoms with Crippen molar-refractivity contribution in [2.75, 3.05) is 7.11 Å². The fraction of sp³-hybridized carbons (Fsp3) is 0.0667. The highest BCUT2D eigenvalue weighted by atomic mass is 16.5. The average molecular weight is 316 g/mol. The number of methoxy groups -OCH3 is 1. The van der Waals surface area contributed by atoms with E-state index in [9.17, 15) is 24.9 Å². The van der Waals surface area contributed by atoms with E-state index < -0.39 is 28.5 Å². The first kappa shape index (κ1) is 13.3. The minimum absolute atomic E-state index is 0.00336. The molecule has 0 saturated carbocycles. The monoisotopic (exact) mass is 316 g/mol. The first-order valence-corrected chi connectivity index (χ1v) is 6.41. The smallest absolute Gasteiger partial charge is 0.294 e. The van der Waals surface area contributed by atoms with Crippen LogP contribution >= 0.6 is 0 Å². The van der Waals surface area contributed by atoms with Gasteiger partial charge in [-0.2, -0.15) is 0 Å². The van der Waals surface area contributed by atoms with Gasteiger partial charge in [-0.3, -0.25) is 9.59 Å². The number of aromatic hydroxyl groups is 3. The van der Waals surface area contributed by atoms with Crippen molar-refractivity contribution in [1.29, 1.82) is 0 Å². The molecule has 4 aromatic rings. The zero-order chi connectivity index (χ0) is 16.5. The molecule has 0 fully saturated rings. The van der Waals surface area contributed by atoms with Crippen LogP contribution in [0.1, 0.15) is 0 Å². The van der Waals surface area contributed by atoms with Gasteiger partial charge in [-0.15, -0.1) is 0 Å². The Hall–Kier alpha value is -3.42. The largest absolute Gasteiger partial charge is 0.507 e. The summed E-state index contributed by atoms with van der Waals surface area (Å²) in [6, 6.07) is 1.87. The van der Waals surface area contributed by atoms with E-state index in [1.807, 2.05) is 0 Å². The van der Waals surface area contributed by atoms with Crippen molar-refractivity contribution in [2.24, 2.45) is 0 Å². The van der Waals surface area contributed by atoms with Crippen molar-refractivity contribution in [3.05, 3.63) is 32.6 Å². The van der Waals surface area contributed by atoms with Crippen LogP contribution < -0.4 is 15.6 Å². The molecule has 0 unspecified atom stereocenters. The van der Waals surface area contributed by atoms with Crippen molar-refractivity contribution in [3.63, 3.8) is 0 Å². The Morgan fingerprint density at radius 1 is 0.826 bits per heavy atom. The van der Waals surface area contributed by atoms with Gasteiger partial charge in [0.2, 0.25) is 10.9 Å². The van der Waals surface area contributed by atoms with Gasteiger partial charge in [0.15, 0.2) is 11.2 Å². The summed E-state index contributed by atoms with van der Waals surface area (Å²) in [5, 5.41) is 29.8. The molecule has 3 N–H and O–H groups in total. The van der Waals surface area contributed by atoms with Crippen LogP contribution in [0.2, 0.25) is 0 Å². The zero-order valence-electron chi connectivity index (χ0n) is 11.5. The van der Waals surface area contributed by atoms with Gasteiger partial charge in [0, 0.05) is 12.1 Å². The number of hydrogen-bond donors (Lipinski definition) is 3. The van der Waals surface area contributed by atoms with Crippen molar-refractivity contribution in [3.8, 4) is 23.4 Å². The Kier molecular flexibility index (Phi) is 2.34. The molecule has 0 aliphatic carbocycles. The van der Waals surface area contributed by atoms with Crippen LogP contribution in [-0.2, 0) is 0 Å². The van der Waals surface area contributed by atoms with Gasteiger partial charge in [0.05, 0.1) is 17.9 Å². The summed E-state index contributed by atoms with van der Waals surface area (Å²) < 4.78 is 15.3. The van der Waals surface area contributed by atoms with Crippen molar-refractivity contribution in [1.82, 2.24) is 0 Å². The van der Waals surface area contributed by atoms with Crippen LogP contribution in [0.25, 0.3) is 32.7 Å². The van der Waals surface area contributed by atoms with E-state index in [2.05, 4.69) is 0 Å². The molecular formula is C15H8O8. The molecule has 0 aliphatic heterocycles. The molecule has 0 amide bonds. The van der Waals surface area contributed by atoms with Gasteiger partial charge in [-0.25, -0.2) is 0 Å². The fourth-order valence-electron chi connectivity index (χ4n) is 2.81. The number of rotatable bonds is 1. The van der Waals surface area contributed by atoms with Gasteiger partial charge in [-0.1, -0.05) is 0 Å². The summed E-state index contributed by atoms with van der Waals surface area (Å²) in [6.45, 7) is 0. The van der Waals surface area contributed by atoms with Gasteiger partial charge >= 0.3 is 0 Å². The van der Waals surface area contributed by atoms with E-state index in [0.29, 0.717) is 0 Å². The maximum Gasteiger partial charge on any atom is 0.294 e. The Morgan fingerprint density at radius 3 is 1.96 bits per heavy atom. The second kappa shape index (κ2) is 4.07. The molecule has 2 aromatic heterocycles. The number of ether oxygens (including phenoxy) is 1. The fourth-order valence-corrected chi connectivity index (χ4v) is 2.81. The van der Waals surface area contributed by atoms with E-state index in [1.165, 1.54) is 7.11 Å². The van der Waals surface area contributed by atoms with Gasteiger partial charge in [0.25, 0.3) is 11.9 Å². The molecule has 0 radical (unpaired) electrons. The van der Waals surface area contributed by atoms with Crippen LogP contribution in [0.3, 0.4) is 0 Å². The SMILES string of the molecule is COc1cc(=O)c2oc(O)c3c(O)cc(=O)c4oc(O)c1c2c34. The second-order valence-corrected chi connectivity index (χ2v) is 4.94. The minimum Gasteiger partial charge on any atom is -0.507 e. The lowest BCUT2D eigenvalue weighted by Crippen LogP contribution is -2.06. The first-order chi connectivity index (χ1) is 10.9. The Labute approximate surface area is 125 Å². The second-order valence-electron chi connectivity index (χ2n) is 4.94. The topological polar surface area (TPSA) is 130 Å². The van der Waals surface area contributed by atoms with E-state index >= 15 is 0 Å². The normalized spacial score (nSPS) is 11.7. The summed E-state index contributed by atoms with van der Waals surface area (Å²) in [4.78, 5) is 24.2. The summed E-state index contributed by atoms with van der Waals surface area (Å²) >= 11 is 0. The molecule has 0 aliphatic rings. The Morgan fingerprint density at radius 2 is 1.35 bits per heavy atom. The van der Waals surface area contributed by atoms with Crippen molar-refractivity contribution >= 4 is 32.7 Å². The lowest BCUT2D eigenvalue weighted by molar-refractivity contribution is 0.337. The molecular weight excluding hydrogens is 308 g/mol. The van der Waals surface area contributed by atoms with Gasteiger partial charge in [-0.05, 0) is 0 Å². The molecule has 8 nitrogen and oxygen atoms in total. The third-order valence-corrected chi connectivity index (χ3v) is 3.73. The summed E-state index contributed by atoms with van der Waals surface area (Å²) in [7, 11) is 1.29. The summed E-state index contributed by atoms with van der Waals surface area (Å²) in [6.07, 6.45) is 0. The highest BCUT2D eigenvalue weighted by Crippen LogP contribution is 2.46. The minimum atomic E-state index is -0.746. The zero-order valence-corrected chi connectivity index (χ0v) is 11.5. The van der Waals surface area contributed by atoms with Gasteiger partial charge in [0.1, 0.15) is 22.3 Å². The average Bonchev–Trinajstić information content (AvgIpc) is 2.50. The highest BCUT2D eigenvalue weighted by molar-refractivity contribution is 6.23. The molecule has 23 heavy (non-hydrogen) atoms.